The van der Waals surface area contributed by atoms with E-state index in [9.17, 15) is 4.79 Å². The van der Waals surface area contributed by atoms with Crippen LogP contribution in [0.25, 0.3) is 0 Å². The molecule has 0 aromatic carbocycles. The molecule has 7 heteroatoms. The molecule has 7 nitrogen and oxygen atoms in total. The van der Waals surface area contributed by atoms with Crippen molar-refractivity contribution < 1.29 is 14.3 Å². The van der Waals surface area contributed by atoms with E-state index in [1.54, 1.807) is 23.4 Å². The highest BCUT2D eigenvalue weighted by atomic mass is 16.6. The molecule has 0 bridgehead atoms. The first kappa shape index (κ1) is 15.3. The van der Waals surface area contributed by atoms with Gasteiger partial charge in [-0.1, -0.05) is 0 Å². The number of pyridine rings is 1. The third kappa shape index (κ3) is 2.81. The number of nitrogens with zero attached hydrogens (tertiary/aromatic N) is 4. The molecule has 0 spiro atoms. The smallest absolute Gasteiger partial charge is 0.255 e. The average Bonchev–Trinajstić information content (AvgIpc) is 3.22. The number of ether oxygens (including phenoxy) is 2. The third-order valence-corrected chi connectivity index (χ3v) is 4.64. The third-order valence-electron chi connectivity index (χ3n) is 4.64. The fourth-order valence-corrected chi connectivity index (χ4v) is 3.28. The van der Waals surface area contributed by atoms with E-state index in [0.717, 1.165) is 5.69 Å². The summed E-state index contributed by atoms with van der Waals surface area (Å²) in [6.07, 6.45) is 5.18. The van der Waals surface area contributed by atoms with Gasteiger partial charge in [0.15, 0.2) is 0 Å². The highest BCUT2D eigenvalue weighted by Gasteiger charge is 2.40. The molecule has 4 heterocycles. The van der Waals surface area contributed by atoms with Gasteiger partial charge < -0.3 is 14.4 Å². The Bertz CT molecular complexity index is 702. The monoisotopic (exact) mass is 328 g/mol. The second-order valence-electron chi connectivity index (χ2n) is 6.23. The number of likely N-dealkylation sites (tertiary alicyclic amines) is 1. The largest absolute Gasteiger partial charge is 0.371 e. The lowest BCUT2D eigenvalue weighted by atomic mass is 10.2. The van der Waals surface area contributed by atoms with Crippen molar-refractivity contribution >= 4 is 5.91 Å². The molecule has 2 saturated heterocycles. The van der Waals surface area contributed by atoms with Crippen molar-refractivity contribution in [2.24, 2.45) is 0 Å². The number of fused-ring (bicyclic) bond motifs is 1. The minimum absolute atomic E-state index is 0.00972. The maximum atomic E-state index is 12.7. The van der Waals surface area contributed by atoms with E-state index >= 15 is 0 Å². The van der Waals surface area contributed by atoms with Crippen LogP contribution in [0.1, 0.15) is 22.1 Å². The maximum absolute atomic E-state index is 12.7. The van der Waals surface area contributed by atoms with E-state index in [4.69, 9.17) is 9.47 Å². The first-order valence-electron chi connectivity index (χ1n) is 8.15. The normalized spacial score (nSPS) is 24.6. The summed E-state index contributed by atoms with van der Waals surface area (Å²) >= 11 is 0. The van der Waals surface area contributed by atoms with Gasteiger partial charge in [0, 0.05) is 37.4 Å². The van der Waals surface area contributed by atoms with E-state index in [1.165, 1.54) is 0 Å². The highest BCUT2D eigenvalue weighted by Crippen LogP contribution is 2.25. The van der Waals surface area contributed by atoms with Crippen LogP contribution in [-0.4, -0.2) is 64.1 Å². The van der Waals surface area contributed by atoms with Crippen molar-refractivity contribution in [1.29, 1.82) is 0 Å². The predicted molar refractivity (Wildman–Crippen MR) is 85.6 cm³/mol. The molecule has 2 aromatic rings. The standard InChI is InChI=1S/C17H20N4O3/c1-12-14(4-2-5-18-12)17(22)20-8-15-16(9-20)24-11-13(10-23-15)21-7-3-6-19-21/h2-7,13,15-16H,8-11H2,1H3/t15-,16-/m0/s1. The van der Waals surface area contributed by atoms with Crippen molar-refractivity contribution in [3.05, 3.63) is 48.0 Å². The molecule has 2 aromatic heterocycles. The Kier molecular flexibility index (Phi) is 4.03. The molecule has 0 N–H and O–H groups in total. The Morgan fingerprint density at radius 2 is 1.92 bits per heavy atom. The van der Waals surface area contributed by atoms with Gasteiger partial charge in [-0.2, -0.15) is 5.10 Å². The Balaban J connectivity index is 1.43. The first-order valence-corrected chi connectivity index (χ1v) is 8.15. The van der Waals surface area contributed by atoms with Gasteiger partial charge in [0.05, 0.1) is 24.8 Å². The lowest BCUT2D eigenvalue weighted by Gasteiger charge is -2.19. The molecule has 2 atom stereocenters. The summed E-state index contributed by atoms with van der Waals surface area (Å²) < 4.78 is 13.9. The topological polar surface area (TPSA) is 69.5 Å². The van der Waals surface area contributed by atoms with Crippen LogP contribution in [0.15, 0.2) is 36.8 Å². The lowest BCUT2D eigenvalue weighted by Crippen LogP contribution is -2.32. The van der Waals surface area contributed by atoms with Crippen LogP contribution in [0.5, 0.6) is 0 Å². The Morgan fingerprint density at radius 1 is 1.17 bits per heavy atom. The fraction of sp³-hybridized carbons (Fsp3) is 0.471. The summed E-state index contributed by atoms with van der Waals surface area (Å²) in [5.74, 6) is -0.00972. The predicted octanol–water partition coefficient (Wildman–Crippen LogP) is 1.07. The first-order chi connectivity index (χ1) is 11.7. The Hall–Kier alpha value is -2.25. The fourth-order valence-electron chi connectivity index (χ4n) is 3.28. The van der Waals surface area contributed by atoms with Crippen LogP contribution in [0.3, 0.4) is 0 Å². The molecule has 1 amide bonds. The summed E-state index contributed by atoms with van der Waals surface area (Å²) in [4.78, 5) is 18.7. The summed E-state index contributed by atoms with van der Waals surface area (Å²) in [5.41, 5.74) is 1.39. The second kappa shape index (κ2) is 6.33. The van der Waals surface area contributed by atoms with E-state index < -0.39 is 0 Å². The number of rotatable bonds is 2. The summed E-state index contributed by atoms with van der Waals surface area (Å²) in [6.45, 7) is 4.02. The molecule has 0 aliphatic carbocycles. The number of carbonyl (C=O) groups excluding carboxylic acids is 1. The van der Waals surface area contributed by atoms with Gasteiger partial charge >= 0.3 is 0 Å². The van der Waals surface area contributed by atoms with Crippen molar-refractivity contribution in [3.63, 3.8) is 0 Å². The van der Waals surface area contributed by atoms with E-state index in [0.29, 0.717) is 31.9 Å². The van der Waals surface area contributed by atoms with E-state index in [-0.39, 0.29) is 24.2 Å². The quantitative estimate of drug-likeness (QED) is 0.825. The van der Waals surface area contributed by atoms with Crippen LogP contribution < -0.4 is 0 Å². The summed E-state index contributed by atoms with van der Waals surface area (Å²) in [7, 11) is 0. The van der Waals surface area contributed by atoms with Gasteiger partial charge in [0.25, 0.3) is 5.91 Å². The number of amides is 1. The Labute approximate surface area is 140 Å². The molecule has 0 radical (unpaired) electrons. The lowest BCUT2D eigenvalue weighted by molar-refractivity contribution is -0.00461. The molecule has 126 valence electrons. The SMILES string of the molecule is Cc1ncccc1C(=O)N1C[C@@H]2OCC(n3cccn3)CO[C@H]2C1. The van der Waals surface area contributed by atoms with Gasteiger partial charge in [0.1, 0.15) is 12.2 Å². The van der Waals surface area contributed by atoms with Crippen molar-refractivity contribution in [2.75, 3.05) is 26.3 Å². The molecular weight excluding hydrogens is 308 g/mol. The highest BCUT2D eigenvalue weighted by molar-refractivity contribution is 5.95. The maximum Gasteiger partial charge on any atom is 0.255 e. The number of carbonyl (C=O) groups is 1. The van der Waals surface area contributed by atoms with Crippen LogP contribution in [0.4, 0.5) is 0 Å². The van der Waals surface area contributed by atoms with Gasteiger partial charge in [-0.15, -0.1) is 0 Å². The van der Waals surface area contributed by atoms with Gasteiger partial charge in [-0.25, -0.2) is 0 Å². The minimum atomic E-state index is -0.0912. The van der Waals surface area contributed by atoms with Crippen LogP contribution in [0.2, 0.25) is 0 Å². The van der Waals surface area contributed by atoms with E-state index in [1.807, 2.05) is 29.9 Å². The van der Waals surface area contributed by atoms with Crippen LogP contribution in [0, 0.1) is 6.92 Å². The molecule has 2 aliphatic heterocycles. The number of hydrogen-bond acceptors (Lipinski definition) is 5. The number of aryl methyl sites for hydroxylation is 1. The molecule has 24 heavy (non-hydrogen) atoms. The second-order valence-corrected chi connectivity index (χ2v) is 6.23. The van der Waals surface area contributed by atoms with Crippen LogP contribution >= 0.6 is 0 Å². The van der Waals surface area contributed by atoms with Gasteiger partial charge in [-0.3, -0.25) is 14.5 Å². The molecule has 4 rings (SSSR count). The van der Waals surface area contributed by atoms with Gasteiger partial charge in [0.2, 0.25) is 0 Å². The molecule has 0 unspecified atom stereocenters. The van der Waals surface area contributed by atoms with Crippen molar-refractivity contribution in [3.8, 4) is 0 Å². The van der Waals surface area contributed by atoms with Gasteiger partial charge in [-0.05, 0) is 25.1 Å². The summed E-state index contributed by atoms with van der Waals surface area (Å²) in [5, 5.41) is 4.25. The van der Waals surface area contributed by atoms with Crippen LogP contribution in [-0.2, 0) is 9.47 Å². The Morgan fingerprint density at radius 3 is 2.54 bits per heavy atom. The molecule has 2 aliphatic rings. The number of aromatic nitrogens is 3. The average molecular weight is 328 g/mol. The zero-order valence-electron chi connectivity index (χ0n) is 13.5. The molecule has 2 fully saturated rings. The van der Waals surface area contributed by atoms with Crippen molar-refractivity contribution in [2.45, 2.75) is 25.2 Å². The zero-order chi connectivity index (χ0) is 16.5. The minimum Gasteiger partial charge on any atom is -0.371 e. The number of hydrogen-bond donors (Lipinski definition) is 0. The zero-order valence-corrected chi connectivity index (χ0v) is 13.5. The summed E-state index contributed by atoms with van der Waals surface area (Å²) in [6, 6.07) is 5.57. The molecule has 0 saturated carbocycles. The molecular formula is C17H20N4O3. The van der Waals surface area contributed by atoms with E-state index in [2.05, 4.69) is 10.1 Å². The van der Waals surface area contributed by atoms with Crippen molar-refractivity contribution in [1.82, 2.24) is 19.7 Å².